The predicted molar refractivity (Wildman–Crippen MR) is 90.2 cm³/mol. The normalized spacial score (nSPS) is 10.7. The number of benzene rings is 2. The van der Waals surface area contributed by atoms with Crippen LogP contribution in [-0.2, 0) is 13.0 Å². The third-order valence-electron chi connectivity index (χ3n) is 3.08. The van der Waals surface area contributed by atoms with Crippen LogP contribution < -0.4 is 10.1 Å². The van der Waals surface area contributed by atoms with Crippen LogP contribution in [0, 0.1) is 5.82 Å². The van der Waals surface area contributed by atoms with E-state index in [4.69, 9.17) is 4.74 Å². The maximum atomic E-state index is 13.1. The molecule has 0 saturated heterocycles. The Labute approximate surface area is 141 Å². The van der Waals surface area contributed by atoms with Crippen LogP contribution in [0.4, 0.5) is 4.39 Å². The minimum Gasteiger partial charge on any atom is -0.495 e. The van der Waals surface area contributed by atoms with Crippen molar-refractivity contribution < 1.29 is 9.13 Å². The minimum atomic E-state index is -0.190. The average molecular weight is 417 g/mol. The lowest BCUT2D eigenvalue weighted by atomic mass is 10.1. The average Bonchev–Trinajstić information content (AvgIpc) is 2.43. The standard InChI is InChI=1S/C16H16Br2FNO/c1-21-16-12(8-13(17)9-15(16)18)10-20-6-5-11-3-2-4-14(19)7-11/h2-4,7-9,20H,5-6,10H2,1H3. The minimum absolute atomic E-state index is 0.190. The highest BCUT2D eigenvalue weighted by atomic mass is 79.9. The van der Waals surface area contributed by atoms with E-state index in [1.165, 1.54) is 6.07 Å². The Kier molecular flexibility index (Phi) is 6.21. The first kappa shape index (κ1) is 16.5. The van der Waals surface area contributed by atoms with Gasteiger partial charge in [-0.1, -0.05) is 28.1 Å². The molecule has 0 aliphatic heterocycles. The van der Waals surface area contributed by atoms with Crippen molar-refractivity contribution in [1.29, 1.82) is 0 Å². The van der Waals surface area contributed by atoms with Crippen molar-refractivity contribution in [3.05, 3.63) is 62.3 Å². The molecule has 0 aliphatic rings. The van der Waals surface area contributed by atoms with E-state index in [0.717, 1.165) is 38.8 Å². The number of ether oxygens (including phenoxy) is 1. The van der Waals surface area contributed by atoms with Crippen LogP contribution in [0.25, 0.3) is 0 Å². The van der Waals surface area contributed by atoms with Gasteiger partial charge in [0.2, 0.25) is 0 Å². The second kappa shape index (κ2) is 7.92. The molecule has 0 fully saturated rings. The Hall–Kier alpha value is -0.910. The summed E-state index contributed by atoms with van der Waals surface area (Å²) in [4.78, 5) is 0. The van der Waals surface area contributed by atoms with Gasteiger partial charge in [-0.15, -0.1) is 0 Å². The summed E-state index contributed by atoms with van der Waals surface area (Å²) in [5.74, 6) is 0.640. The molecule has 0 heterocycles. The van der Waals surface area contributed by atoms with E-state index in [-0.39, 0.29) is 5.82 Å². The molecular weight excluding hydrogens is 401 g/mol. The third kappa shape index (κ3) is 4.80. The van der Waals surface area contributed by atoms with Crippen molar-refractivity contribution >= 4 is 31.9 Å². The molecule has 0 unspecified atom stereocenters. The van der Waals surface area contributed by atoms with Crippen LogP contribution in [0.3, 0.4) is 0 Å². The van der Waals surface area contributed by atoms with Gasteiger partial charge in [-0.2, -0.15) is 0 Å². The van der Waals surface area contributed by atoms with Crippen molar-refractivity contribution in [3.8, 4) is 5.75 Å². The summed E-state index contributed by atoms with van der Waals surface area (Å²) in [5, 5.41) is 3.35. The van der Waals surface area contributed by atoms with Crippen molar-refractivity contribution in [2.45, 2.75) is 13.0 Å². The SMILES string of the molecule is COc1c(Br)cc(Br)cc1CNCCc1cccc(F)c1. The second-order valence-corrected chi connectivity index (χ2v) is 6.41. The van der Waals surface area contributed by atoms with E-state index in [1.807, 2.05) is 18.2 Å². The highest BCUT2D eigenvalue weighted by Gasteiger charge is 2.08. The van der Waals surface area contributed by atoms with E-state index >= 15 is 0 Å². The monoisotopic (exact) mass is 415 g/mol. The molecule has 0 atom stereocenters. The first-order chi connectivity index (χ1) is 10.1. The van der Waals surface area contributed by atoms with Crippen molar-refractivity contribution in [1.82, 2.24) is 5.32 Å². The molecule has 0 radical (unpaired) electrons. The van der Waals surface area contributed by atoms with Crippen LogP contribution in [0.1, 0.15) is 11.1 Å². The van der Waals surface area contributed by atoms with Crippen molar-refractivity contribution in [2.24, 2.45) is 0 Å². The van der Waals surface area contributed by atoms with Crippen LogP contribution >= 0.6 is 31.9 Å². The van der Waals surface area contributed by atoms with E-state index in [1.54, 1.807) is 19.2 Å². The molecule has 0 bridgehead atoms. The molecule has 2 nitrogen and oxygen atoms in total. The third-order valence-corrected chi connectivity index (χ3v) is 4.13. The fourth-order valence-corrected chi connectivity index (χ4v) is 3.60. The van der Waals surface area contributed by atoms with Gasteiger partial charge in [0, 0.05) is 16.6 Å². The molecule has 1 N–H and O–H groups in total. The molecule has 2 aromatic rings. The van der Waals surface area contributed by atoms with Gasteiger partial charge in [0.15, 0.2) is 0 Å². The zero-order valence-corrected chi connectivity index (χ0v) is 14.8. The fraction of sp³-hybridized carbons (Fsp3) is 0.250. The fourth-order valence-electron chi connectivity index (χ4n) is 2.12. The van der Waals surface area contributed by atoms with Gasteiger partial charge in [0.05, 0.1) is 11.6 Å². The summed E-state index contributed by atoms with van der Waals surface area (Å²) >= 11 is 6.96. The van der Waals surface area contributed by atoms with E-state index in [0.29, 0.717) is 6.54 Å². The lowest BCUT2D eigenvalue weighted by molar-refractivity contribution is 0.405. The second-order valence-electron chi connectivity index (χ2n) is 4.64. The van der Waals surface area contributed by atoms with Crippen molar-refractivity contribution in [2.75, 3.05) is 13.7 Å². The molecule has 5 heteroatoms. The van der Waals surface area contributed by atoms with Gasteiger partial charge < -0.3 is 10.1 Å². The lowest BCUT2D eigenvalue weighted by Gasteiger charge is -2.12. The van der Waals surface area contributed by atoms with E-state index < -0.39 is 0 Å². The van der Waals surface area contributed by atoms with Gasteiger partial charge in [-0.05, 0) is 58.7 Å². The first-order valence-electron chi connectivity index (χ1n) is 6.57. The topological polar surface area (TPSA) is 21.3 Å². The largest absolute Gasteiger partial charge is 0.495 e. The van der Waals surface area contributed by atoms with Gasteiger partial charge >= 0.3 is 0 Å². The smallest absolute Gasteiger partial charge is 0.137 e. The Morgan fingerprint density at radius 1 is 1.19 bits per heavy atom. The number of rotatable bonds is 6. The summed E-state index contributed by atoms with van der Waals surface area (Å²) < 4.78 is 20.4. The molecule has 2 aromatic carbocycles. The Bertz CT molecular complexity index is 619. The Morgan fingerprint density at radius 3 is 2.71 bits per heavy atom. The van der Waals surface area contributed by atoms with Gasteiger partial charge in [-0.3, -0.25) is 0 Å². The highest BCUT2D eigenvalue weighted by molar-refractivity contribution is 9.11. The van der Waals surface area contributed by atoms with Crippen molar-refractivity contribution in [3.63, 3.8) is 0 Å². The van der Waals surface area contributed by atoms with Gasteiger partial charge in [0.1, 0.15) is 11.6 Å². The van der Waals surface area contributed by atoms with Gasteiger partial charge in [0.25, 0.3) is 0 Å². The molecule has 0 amide bonds. The summed E-state index contributed by atoms with van der Waals surface area (Å²) in [7, 11) is 1.66. The molecule has 2 rings (SSSR count). The predicted octanol–water partition coefficient (Wildman–Crippen LogP) is 4.69. The number of halogens is 3. The van der Waals surface area contributed by atoms with Crippen LogP contribution in [0.15, 0.2) is 45.3 Å². The zero-order chi connectivity index (χ0) is 15.2. The summed E-state index contributed by atoms with van der Waals surface area (Å²) in [6.45, 7) is 1.47. The molecular formula is C16H16Br2FNO. The summed E-state index contributed by atoms with van der Waals surface area (Å²) in [6.07, 6.45) is 0.787. The maximum Gasteiger partial charge on any atom is 0.137 e. The summed E-state index contributed by atoms with van der Waals surface area (Å²) in [5.41, 5.74) is 2.06. The number of hydrogen-bond donors (Lipinski definition) is 1. The molecule has 0 saturated carbocycles. The number of methoxy groups -OCH3 is 1. The maximum absolute atomic E-state index is 13.1. The first-order valence-corrected chi connectivity index (χ1v) is 8.16. The molecule has 112 valence electrons. The highest BCUT2D eigenvalue weighted by Crippen LogP contribution is 2.32. The molecule has 0 aliphatic carbocycles. The molecule has 0 aromatic heterocycles. The quantitative estimate of drug-likeness (QED) is 0.689. The molecule has 21 heavy (non-hydrogen) atoms. The lowest BCUT2D eigenvalue weighted by Crippen LogP contribution is -2.17. The Balaban J connectivity index is 1.92. The van der Waals surface area contributed by atoms with Crippen LogP contribution in [0.2, 0.25) is 0 Å². The molecule has 0 spiro atoms. The van der Waals surface area contributed by atoms with Crippen LogP contribution in [0.5, 0.6) is 5.75 Å². The van der Waals surface area contributed by atoms with Crippen LogP contribution in [-0.4, -0.2) is 13.7 Å². The Morgan fingerprint density at radius 2 is 2.00 bits per heavy atom. The van der Waals surface area contributed by atoms with Gasteiger partial charge in [-0.25, -0.2) is 4.39 Å². The van der Waals surface area contributed by atoms with E-state index in [9.17, 15) is 4.39 Å². The summed E-state index contributed by atoms with van der Waals surface area (Å²) in [6, 6.07) is 10.7. The number of nitrogens with one attached hydrogen (secondary N) is 1. The number of hydrogen-bond acceptors (Lipinski definition) is 2. The zero-order valence-electron chi connectivity index (χ0n) is 11.6. The van der Waals surface area contributed by atoms with E-state index in [2.05, 4.69) is 37.2 Å².